The maximum absolute atomic E-state index is 12.3. The Morgan fingerprint density at radius 1 is 1.21 bits per heavy atom. The molecule has 1 amide bonds. The summed E-state index contributed by atoms with van der Waals surface area (Å²) >= 11 is 6.68. The molecule has 28 heavy (non-hydrogen) atoms. The molecular formula is C18H14N6O2S2. The number of hydrogen-bond acceptors (Lipinski definition) is 7. The van der Waals surface area contributed by atoms with Gasteiger partial charge in [0.1, 0.15) is 17.1 Å². The number of rotatable bonds is 4. The maximum atomic E-state index is 12.3. The van der Waals surface area contributed by atoms with E-state index in [1.807, 2.05) is 24.3 Å². The number of carbonyl (C=O) groups is 1. The highest BCUT2D eigenvalue weighted by Crippen LogP contribution is 2.25. The second-order valence-corrected chi connectivity index (χ2v) is 7.05. The van der Waals surface area contributed by atoms with Crippen molar-refractivity contribution in [2.45, 2.75) is 0 Å². The lowest BCUT2D eigenvalue weighted by Gasteiger charge is -2.10. The van der Waals surface area contributed by atoms with Gasteiger partial charge in [-0.1, -0.05) is 17.4 Å². The van der Waals surface area contributed by atoms with Crippen molar-refractivity contribution in [3.05, 3.63) is 60.4 Å². The summed E-state index contributed by atoms with van der Waals surface area (Å²) in [7, 11) is 1.55. The van der Waals surface area contributed by atoms with E-state index in [0.29, 0.717) is 11.3 Å². The Kier molecular flexibility index (Phi) is 4.96. The molecule has 0 saturated carbocycles. The van der Waals surface area contributed by atoms with Crippen molar-refractivity contribution in [2.75, 3.05) is 12.4 Å². The van der Waals surface area contributed by atoms with Gasteiger partial charge in [0.2, 0.25) is 4.96 Å². The highest BCUT2D eigenvalue weighted by atomic mass is 32.1. The number of hydrogen-bond donors (Lipinski definition) is 2. The molecule has 2 aromatic heterocycles. The van der Waals surface area contributed by atoms with Crippen LogP contribution in [0.1, 0.15) is 10.4 Å². The number of anilines is 1. The predicted octanol–water partition coefficient (Wildman–Crippen LogP) is 2.99. The van der Waals surface area contributed by atoms with Gasteiger partial charge in [-0.05, 0) is 54.7 Å². The smallest absolute Gasteiger partial charge is 0.257 e. The van der Waals surface area contributed by atoms with Crippen molar-refractivity contribution in [3.8, 4) is 16.3 Å². The standard InChI is InChI=1S/C18H14N6O2S2/c1-26-14-4-2-3-12(9-14)15(25)21-17(27)20-13-7-5-11(6-8-13)16-23-24-10-19-22-18(24)28-16/h2-10H,1H3,(H2,20,21,25,27). The lowest BCUT2D eigenvalue weighted by molar-refractivity contribution is 0.0977. The van der Waals surface area contributed by atoms with E-state index in [1.54, 1.807) is 42.2 Å². The maximum Gasteiger partial charge on any atom is 0.257 e. The molecule has 2 aromatic carbocycles. The van der Waals surface area contributed by atoms with E-state index in [2.05, 4.69) is 25.9 Å². The zero-order valence-electron chi connectivity index (χ0n) is 14.6. The SMILES string of the molecule is COc1cccc(C(=O)NC(=S)Nc2ccc(-c3nn4cnnc4s3)cc2)c1. The minimum atomic E-state index is -0.312. The van der Waals surface area contributed by atoms with Crippen molar-refractivity contribution >= 4 is 45.2 Å². The summed E-state index contributed by atoms with van der Waals surface area (Å²) in [5.74, 6) is 0.292. The van der Waals surface area contributed by atoms with Crippen LogP contribution in [0.3, 0.4) is 0 Å². The Morgan fingerprint density at radius 3 is 2.79 bits per heavy atom. The van der Waals surface area contributed by atoms with E-state index in [0.717, 1.165) is 21.2 Å². The van der Waals surface area contributed by atoms with Crippen molar-refractivity contribution in [2.24, 2.45) is 0 Å². The first-order valence-electron chi connectivity index (χ1n) is 8.16. The van der Waals surface area contributed by atoms with Crippen LogP contribution in [0.4, 0.5) is 5.69 Å². The summed E-state index contributed by atoms with van der Waals surface area (Å²) in [4.78, 5) is 13.0. The largest absolute Gasteiger partial charge is 0.497 e. The average molecular weight is 410 g/mol. The molecule has 0 aliphatic heterocycles. The number of methoxy groups -OCH3 is 1. The Labute approximate surface area is 169 Å². The molecule has 0 spiro atoms. The lowest BCUT2D eigenvalue weighted by Crippen LogP contribution is -2.34. The van der Waals surface area contributed by atoms with Gasteiger partial charge in [0, 0.05) is 16.8 Å². The molecule has 0 atom stereocenters. The fraction of sp³-hybridized carbons (Fsp3) is 0.0556. The third-order valence-corrected chi connectivity index (χ3v) is 5.00. The molecule has 0 bridgehead atoms. The van der Waals surface area contributed by atoms with Crippen molar-refractivity contribution in [1.29, 1.82) is 0 Å². The van der Waals surface area contributed by atoms with Crippen molar-refractivity contribution < 1.29 is 9.53 Å². The summed E-state index contributed by atoms with van der Waals surface area (Å²) in [6.45, 7) is 0. The summed E-state index contributed by atoms with van der Waals surface area (Å²) < 4.78 is 6.76. The number of ether oxygens (including phenoxy) is 1. The molecular weight excluding hydrogens is 396 g/mol. The molecule has 10 heteroatoms. The number of aromatic nitrogens is 4. The van der Waals surface area contributed by atoms with E-state index < -0.39 is 0 Å². The van der Waals surface area contributed by atoms with E-state index in [-0.39, 0.29) is 11.0 Å². The van der Waals surface area contributed by atoms with Crippen LogP contribution in [-0.4, -0.2) is 37.9 Å². The van der Waals surface area contributed by atoms with Gasteiger partial charge in [0.05, 0.1) is 7.11 Å². The van der Waals surface area contributed by atoms with Crippen LogP contribution < -0.4 is 15.4 Å². The van der Waals surface area contributed by atoms with Gasteiger partial charge in [0.25, 0.3) is 5.91 Å². The minimum Gasteiger partial charge on any atom is -0.497 e. The molecule has 0 saturated heterocycles. The molecule has 0 unspecified atom stereocenters. The first kappa shape index (κ1) is 18.0. The van der Waals surface area contributed by atoms with Crippen LogP contribution in [0.2, 0.25) is 0 Å². The fourth-order valence-corrected chi connectivity index (χ4v) is 3.51. The van der Waals surface area contributed by atoms with Crippen LogP contribution in [0.15, 0.2) is 54.9 Å². The monoisotopic (exact) mass is 410 g/mol. The van der Waals surface area contributed by atoms with Crippen LogP contribution >= 0.6 is 23.6 Å². The zero-order chi connectivity index (χ0) is 19.5. The zero-order valence-corrected chi connectivity index (χ0v) is 16.3. The summed E-state index contributed by atoms with van der Waals surface area (Å²) in [6.07, 6.45) is 1.56. The molecule has 0 fully saturated rings. The molecule has 0 radical (unpaired) electrons. The summed E-state index contributed by atoms with van der Waals surface area (Å²) in [5, 5.41) is 18.9. The topological polar surface area (TPSA) is 93.4 Å². The normalized spacial score (nSPS) is 10.6. The molecule has 0 aliphatic rings. The molecule has 0 aliphatic carbocycles. The Bertz CT molecular complexity index is 1120. The summed E-state index contributed by atoms with van der Waals surface area (Å²) in [5.41, 5.74) is 2.16. The van der Waals surface area contributed by atoms with Crippen LogP contribution in [0.5, 0.6) is 5.75 Å². The van der Waals surface area contributed by atoms with E-state index >= 15 is 0 Å². The van der Waals surface area contributed by atoms with E-state index in [1.165, 1.54) is 11.3 Å². The van der Waals surface area contributed by atoms with Gasteiger partial charge >= 0.3 is 0 Å². The second kappa shape index (κ2) is 7.71. The molecule has 2 heterocycles. The third-order valence-electron chi connectivity index (χ3n) is 3.84. The van der Waals surface area contributed by atoms with Crippen LogP contribution in [-0.2, 0) is 0 Å². The minimum absolute atomic E-state index is 0.208. The van der Waals surface area contributed by atoms with Gasteiger partial charge in [-0.3, -0.25) is 10.1 Å². The number of fused-ring (bicyclic) bond motifs is 1. The van der Waals surface area contributed by atoms with Gasteiger partial charge in [-0.2, -0.15) is 9.61 Å². The molecule has 2 N–H and O–H groups in total. The van der Waals surface area contributed by atoms with Crippen molar-refractivity contribution in [3.63, 3.8) is 0 Å². The van der Waals surface area contributed by atoms with Gasteiger partial charge in [0.15, 0.2) is 5.11 Å². The Morgan fingerprint density at radius 2 is 2.04 bits per heavy atom. The molecule has 4 aromatic rings. The van der Waals surface area contributed by atoms with Crippen LogP contribution in [0.25, 0.3) is 15.5 Å². The van der Waals surface area contributed by atoms with Crippen molar-refractivity contribution in [1.82, 2.24) is 25.1 Å². The highest BCUT2D eigenvalue weighted by Gasteiger charge is 2.10. The quantitative estimate of drug-likeness (QED) is 0.500. The number of nitrogens with zero attached hydrogens (tertiary/aromatic N) is 4. The van der Waals surface area contributed by atoms with Gasteiger partial charge < -0.3 is 10.1 Å². The number of carbonyl (C=O) groups excluding carboxylic acids is 1. The number of thiocarbonyl (C=S) groups is 1. The predicted molar refractivity (Wildman–Crippen MR) is 111 cm³/mol. The number of benzene rings is 2. The second-order valence-electron chi connectivity index (χ2n) is 5.68. The van der Waals surface area contributed by atoms with Gasteiger partial charge in [-0.25, -0.2) is 0 Å². The molecule has 140 valence electrons. The third kappa shape index (κ3) is 3.82. The number of nitrogens with one attached hydrogen (secondary N) is 2. The molecule has 8 nitrogen and oxygen atoms in total. The van der Waals surface area contributed by atoms with E-state index in [9.17, 15) is 4.79 Å². The number of amides is 1. The first-order valence-corrected chi connectivity index (χ1v) is 9.38. The first-order chi connectivity index (χ1) is 13.6. The van der Waals surface area contributed by atoms with Gasteiger partial charge in [-0.15, -0.1) is 10.2 Å². The highest BCUT2D eigenvalue weighted by molar-refractivity contribution is 7.80. The summed E-state index contributed by atoms with van der Waals surface area (Å²) in [6, 6.07) is 14.4. The fourth-order valence-electron chi connectivity index (χ4n) is 2.47. The average Bonchev–Trinajstić information content (AvgIpc) is 3.31. The Balaban J connectivity index is 1.40. The molecule has 4 rings (SSSR count). The lowest BCUT2D eigenvalue weighted by atomic mass is 10.2. The van der Waals surface area contributed by atoms with Crippen LogP contribution in [0, 0.1) is 0 Å². The van der Waals surface area contributed by atoms with E-state index in [4.69, 9.17) is 17.0 Å². The Hall–Kier alpha value is -3.37.